The summed E-state index contributed by atoms with van der Waals surface area (Å²) in [5, 5.41) is 0. The van der Waals surface area contributed by atoms with Gasteiger partial charge in [-0.05, 0) is 122 Å². The average Bonchev–Trinajstić information content (AvgIpc) is 3.79. The van der Waals surface area contributed by atoms with Crippen molar-refractivity contribution >= 4 is 44.4 Å². The molecule has 0 saturated heterocycles. The van der Waals surface area contributed by atoms with E-state index in [9.17, 15) is 0 Å². The van der Waals surface area contributed by atoms with Gasteiger partial charge in [0.2, 0.25) is 0 Å². The number of aryl methyl sites for hydroxylation is 4. The molecular weight excluding hydrogens is 589 g/mol. The molecule has 6 heteroatoms. The van der Waals surface area contributed by atoms with Crippen molar-refractivity contribution in [1.82, 2.24) is 29.9 Å². The smallest absolute Gasteiger partial charge is 0.0769 e. The van der Waals surface area contributed by atoms with Gasteiger partial charge >= 0.3 is 0 Å². The Bertz CT molecular complexity index is 2140. The summed E-state index contributed by atoms with van der Waals surface area (Å²) >= 11 is 0. The molecule has 0 aromatic carbocycles. The van der Waals surface area contributed by atoms with Crippen LogP contribution in [0, 0.1) is 13.8 Å². The molecule has 48 heavy (non-hydrogen) atoms. The van der Waals surface area contributed by atoms with Crippen molar-refractivity contribution in [3.8, 4) is 22.3 Å². The maximum atomic E-state index is 5.47. The molecule has 0 spiro atoms. The number of aromatic amines is 2. The molecule has 2 N–H and O–H groups in total. The Balaban J connectivity index is 1.78. The van der Waals surface area contributed by atoms with Crippen LogP contribution in [0.5, 0.6) is 0 Å². The van der Waals surface area contributed by atoms with Crippen molar-refractivity contribution in [1.29, 1.82) is 0 Å². The second-order valence-electron chi connectivity index (χ2n) is 12.9. The molecule has 0 unspecified atom stereocenters. The van der Waals surface area contributed by atoms with Crippen LogP contribution in [0.15, 0.2) is 61.2 Å². The van der Waals surface area contributed by atoms with Crippen LogP contribution in [0.1, 0.15) is 99.4 Å². The van der Waals surface area contributed by atoms with E-state index in [1.165, 1.54) is 44.5 Å². The molecule has 0 radical (unpaired) electrons. The SMILES string of the molecule is CCC1=C(C)c2nc1cc1[nH]c(c(C)c1CC)c(-c1cccnc1)c1nc(cc3[nH]c(c(C)c3CC)c2-c2cccnc2)C(CC)=C1C. The molecule has 6 nitrogen and oxygen atoms in total. The monoisotopic (exact) mass is 632 g/mol. The first-order valence-electron chi connectivity index (χ1n) is 17.3. The van der Waals surface area contributed by atoms with Gasteiger partial charge in [0.1, 0.15) is 0 Å². The number of hydrogen-bond donors (Lipinski definition) is 2. The standard InChI is InChI=1S/C42H44N6/c1-9-29-23(5)39-37(27-15-13-17-43-21-27)40-25(7)31(11-3)35(47-40)20-36-32(12-4)26(8)42(48-36)38(28-16-14-18-44-22-28)41-24(6)30(10-2)34(46-41)19-33(29)45-39/h13-22,45,48H,9-12H2,1-8H3. The van der Waals surface area contributed by atoms with Crippen LogP contribution in [-0.4, -0.2) is 29.9 Å². The van der Waals surface area contributed by atoms with Crippen molar-refractivity contribution in [3.05, 3.63) is 106 Å². The van der Waals surface area contributed by atoms with Gasteiger partial charge in [-0.25, -0.2) is 9.97 Å². The number of rotatable bonds is 6. The Labute approximate surface area is 283 Å². The lowest BCUT2D eigenvalue weighted by Crippen LogP contribution is -1.90. The van der Waals surface area contributed by atoms with Crippen LogP contribution in [0.2, 0.25) is 0 Å². The van der Waals surface area contributed by atoms with Gasteiger partial charge in [-0.3, -0.25) is 9.97 Å². The maximum Gasteiger partial charge on any atom is 0.0769 e. The first-order valence-corrected chi connectivity index (χ1v) is 17.3. The van der Waals surface area contributed by atoms with Gasteiger partial charge in [0.15, 0.2) is 0 Å². The van der Waals surface area contributed by atoms with Crippen molar-refractivity contribution in [2.75, 3.05) is 0 Å². The molecule has 0 aliphatic carbocycles. The summed E-state index contributed by atoms with van der Waals surface area (Å²) in [4.78, 5) is 27.8. The lowest BCUT2D eigenvalue weighted by Gasteiger charge is -2.07. The van der Waals surface area contributed by atoms with Crippen LogP contribution in [0.3, 0.4) is 0 Å². The number of nitrogens with zero attached hydrogens (tertiary/aromatic N) is 4. The van der Waals surface area contributed by atoms with Crippen molar-refractivity contribution in [3.63, 3.8) is 0 Å². The number of nitrogens with one attached hydrogen (secondary N) is 2. The first kappa shape index (κ1) is 31.5. The lowest BCUT2D eigenvalue weighted by atomic mass is 9.96. The van der Waals surface area contributed by atoms with E-state index in [0.717, 1.165) is 92.8 Å². The molecule has 0 atom stereocenters. The quantitative estimate of drug-likeness (QED) is 0.195. The zero-order chi connectivity index (χ0) is 33.7. The van der Waals surface area contributed by atoms with Crippen molar-refractivity contribution in [2.45, 2.75) is 81.1 Å². The summed E-state index contributed by atoms with van der Waals surface area (Å²) in [5.41, 5.74) is 22.7. The normalized spacial score (nSPS) is 13.2. The summed E-state index contributed by atoms with van der Waals surface area (Å²) in [5.74, 6) is 0. The van der Waals surface area contributed by atoms with Crippen LogP contribution in [0.4, 0.5) is 0 Å². The molecule has 5 aromatic rings. The maximum absolute atomic E-state index is 5.47. The van der Waals surface area contributed by atoms with Crippen LogP contribution < -0.4 is 0 Å². The minimum absolute atomic E-state index is 0.883. The minimum Gasteiger partial charge on any atom is -0.354 e. The minimum atomic E-state index is 0.883. The molecule has 8 bridgehead atoms. The number of pyridine rings is 2. The van der Waals surface area contributed by atoms with Crippen LogP contribution in [0.25, 0.3) is 66.6 Å². The summed E-state index contributed by atoms with van der Waals surface area (Å²) in [6.45, 7) is 17.8. The van der Waals surface area contributed by atoms with E-state index in [0.29, 0.717) is 0 Å². The summed E-state index contributed by atoms with van der Waals surface area (Å²) < 4.78 is 0. The van der Waals surface area contributed by atoms with E-state index < -0.39 is 0 Å². The highest BCUT2D eigenvalue weighted by Crippen LogP contribution is 2.43. The topological polar surface area (TPSA) is 83.1 Å². The molecule has 2 aliphatic rings. The zero-order valence-corrected chi connectivity index (χ0v) is 29.4. The second kappa shape index (κ2) is 12.5. The third-order valence-electron chi connectivity index (χ3n) is 10.4. The van der Waals surface area contributed by atoms with Gasteiger partial charge in [-0.2, -0.15) is 0 Å². The third-order valence-corrected chi connectivity index (χ3v) is 10.4. The predicted octanol–water partition coefficient (Wildman–Crippen LogP) is 10.9. The number of hydrogen-bond acceptors (Lipinski definition) is 4. The fourth-order valence-corrected chi connectivity index (χ4v) is 7.90. The molecule has 0 amide bonds. The highest BCUT2D eigenvalue weighted by Gasteiger charge is 2.25. The number of aromatic nitrogens is 6. The van der Waals surface area contributed by atoms with E-state index in [1.807, 2.05) is 36.9 Å². The van der Waals surface area contributed by atoms with Gasteiger partial charge in [0.05, 0.1) is 33.8 Å². The Kier molecular flexibility index (Phi) is 8.20. The molecule has 7 rings (SSSR count). The molecule has 2 aliphatic heterocycles. The van der Waals surface area contributed by atoms with Gasteiger partial charge in [-0.15, -0.1) is 0 Å². The largest absolute Gasteiger partial charge is 0.354 e. The van der Waals surface area contributed by atoms with E-state index >= 15 is 0 Å². The highest BCUT2D eigenvalue weighted by molar-refractivity contribution is 6.03. The van der Waals surface area contributed by atoms with E-state index in [1.54, 1.807) is 0 Å². The Morgan fingerprint density at radius 2 is 0.979 bits per heavy atom. The Morgan fingerprint density at radius 3 is 1.31 bits per heavy atom. The van der Waals surface area contributed by atoms with Crippen LogP contribution in [-0.2, 0) is 12.8 Å². The summed E-state index contributed by atoms with van der Waals surface area (Å²) in [6, 6.07) is 12.9. The molecule has 0 saturated carbocycles. The fraction of sp³-hybridized carbons (Fsp3) is 0.286. The van der Waals surface area contributed by atoms with E-state index in [-0.39, 0.29) is 0 Å². The van der Waals surface area contributed by atoms with Gasteiger partial charge in [-0.1, -0.05) is 39.8 Å². The van der Waals surface area contributed by atoms with Gasteiger partial charge in [0, 0.05) is 58.1 Å². The predicted molar refractivity (Wildman–Crippen MR) is 201 cm³/mol. The third kappa shape index (κ3) is 4.93. The average molecular weight is 633 g/mol. The summed E-state index contributed by atoms with van der Waals surface area (Å²) in [6.07, 6.45) is 11.1. The lowest BCUT2D eigenvalue weighted by molar-refractivity contribution is 1.14. The Morgan fingerprint density at radius 1 is 0.562 bits per heavy atom. The number of fused-ring (bicyclic) bond motifs is 8. The molecular formula is C42H44N6. The molecule has 242 valence electrons. The molecule has 5 aromatic heterocycles. The van der Waals surface area contributed by atoms with E-state index in [2.05, 4.69) is 99.6 Å². The molecule has 0 fully saturated rings. The Hall–Kier alpha value is -5.10. The van der Waals surface area contributed by atoms with Crippen LogP contribution >= 0.6 is 0 Å². The summed E-state index contributed by atoms with van der Waals surface area (Å²) in [7, 11) is 0. The van der Waals surface area contributed by atoms with Gasteiger partial charge < -0.3 is 9.97 Å². The highest BCUT2D eigenvalue weighted by atomic mass is 14.8. The van der Waals surface area contributed by atoms with Crippen molar-refractivity contribution < 1.29 is 0 Å². The van der Waals surface area contributed by atoms with Gasteiger partial charge in [0.25, 0.3) is 0 Å². The van der Waals surface area contributed by atoms with Crippen molar-refractivity contribution in [2.24, 2.45) is 0 Å². The fourth-order valence-electron chi connectivity index (χ4n) is 7.90. The van der Waals surface area contributed by atoms with E-state index in [4.69, 9.17) is 9.97 Å². The zero-order valence-electron chi connectivity index (χ0n) is 29.4. The number of H-pyrrole nitrogens is 2. The first-order chi connectivity index (χ1) is 23.3. The second-order valence-corrected chi connectivity index (χ2v) is 12.9. The molecule has 7 heterocycles. The number of allylic oxidation sites excluding steroid dienone is 4.